The van der Waals surface area contributed by atoms with Crippen molar-refractivity contribution in [2.24, 2.45) is 0 Å². The van der Waals surface area contributed by atoms with E-state index in [1.807, 2.05) is 23.1 Å². The van der Waals surface area contributed by atoms with E-state index in [-0.39, 0.29) is 5.91 Å². The van der Waals surface area contributed by atoms with Gasteiger partial charge in [0.05, 0.1) is 24.4 Å². The summed E-state index contributed by atoms with van der Waals surface area (Å²) in [5, 5.41) is 1.02. The summed E-state index contributed by atoms with van der Waals surface area (Å²) in [4.78, 5) is 21.7. The van der Waals surface area contributed by atoms with Crippen LogP contribution in [0.2, 0.25) is 0 Å². The number of carbonyl (C=O) groups is 1. The molecule has 140 valence electrons. The van der Waals surface area contributed by atoms with Gasteiger partial charge >= 0.3 is 0 Å². The zero-order chi connectivity index (χ0) is 18.8. The van der Waals surface area contributed by atoms with Crippen molar-refractivity contribution in [2.45, 2.75) is 0 Å². The van der Waals surface area contributed by atoms with Crippen molar-refractivity contribution in [3.05, 3.63) is 48.0 Å². The summed E-state index contributed by atoms with van der Waals surface area (Å²) >= 11 is 1.70. The molecule has 0 N–H and O–H groups in total. The van der Waals surface area contributed by atoms with Crippen molar-refractivity contribution in [3.8, 4) is 11.5 Å². The lowest BCUT2D eigenvalue weighted by Crippen LogP contribution is -2.48. The summed E-state index contributed by atoms with van der Waals surface area (Å²) in [6.07, 6.45) is 0. The highest BCUT2D eigenvalue weighted by molar-refractivity contribution is 7.22. The Balaban J connectivity index is 1.46. The number of hydrogen-bond donors (Lipinski definition) is 0. The Labute approximate surface area is 161 Å². The van der Waals surface area contributed by atoms with Crippen LogP contribution in [0.4, 0.5) is 5.13 Å². The molecule has 1 fully saturated rings. The van der Waals surface area contributed by atoms with Gasteiger partial charge in [-0.05, 0) is 24.3 Å². The summed E-state index contributed by atoms with van der Waals surface area (Å²) in [7, 11) is 3.17. The molecular formula is C20H21N3O3S. The number of thiazole rings is 1. The van der Waals surface area contributed by atoms with Crippen LogP contribution in [-0.2, 0) is 0 Å². The quantitative estimate of drug-likeness (QED) is 0.692. The smallest absolute Gasteiger partial charge is 0.254 e. The molecule has 7 heteroatoms. The van der Waals surface area contributed by atoms with E-state index >= 15 is 0 Å². The molecule has 1 amide bonds. The minimum atomic E-state index is -0.00356. The van der Waals surface area contributed by atoms with Gasteiger partial charge < -0.3 is 19.3 Å². The third-order valence-electron chi connectivity index (χ3n) is 4.72. The largest absolute Gasteiger partial charge is 0.497 e. The molecule has 3 aromatic rings. The molecule has 2 heterocycles. The van der Waals surface area contributed by atoms with E-state index in [1.165, 1.54) is 4.70 Å². The number of anilines is 1. The first-order valence-electron chi connectivity index (χ1n) is 8.81. The molecule has 0 saturated carbocycles. The molecule has 1 aromatic heterocycles. The number of methoxy groups -OCH3 is 2. The van der Waals surface area contributed by atoms with Crippen LogP contribution >= 0.6 is 11.3 Å². The Morgan fingerprint density at radius 1 is 1.00 bits per heavy atom. The van der Waals surface area contributed by atoms with Crippen LogP contribution in [-0.4, -0.2) is 56.2 Å². The monoisotopic (exact) mass is 383 g/mol. The normalized spacial score (nSPS) is 14.4. The SMILES string of the molecule is COc1cc(OC)cc(C(=O)N2CCN(c3nc4ccccc4s3)CC2)c1. The molecule has 4 rings (SSSR count). The van der Waals surface area contributed by atoms with Crippen LogP contribution < -0.4 is 14.4 Å². The molecular weight excluding hydrogens is 362 g/mol. The second-order valence-corrected chi connectivity index (χ2v) is 7.35. The number of piperazine rings is 1. The molecule has 0 aliphatic carbocycles. The standard InChI is InChI=1S/C20H21N3O3S/c1-25-15-11-14(12-16(13-15)26-2)19(24)22-7-9-23(10-8-22)20-21-17-5-3-4-6-18(17)27-20/h3-6,11-13H,7-10H2,1-2H3. The Hall–Kier alpha value is -2.80. The highest BCUT2D eigenvalue weighted by atomic mass is 32.1. The molecule has 2 aromatic carbocycles. The topological polar surface area (TPSA) is 54.9 Å². The number of para-hydroxylation sites is 1. The number of rotatable bonds is 4. The van der Waals surface area contributed by atoms with Crippen LogP contribution in [0.5, 0.6) is 11.5 Å². The highest BCUT2D eigenvalue weighted by Crippen LogP contribution is 2.29. The molecule has 1 aliphatic rings. The van der Waals surface area contributed by atoms with E-state index in [4.69, 9.17) is 14.5 Å². The van der Waals surface area contributed by atoms with Gasteiger partial charge in [-0.3, -0.25) is 4.79 Å². The van der Waals surface area contributed by atoms with Crippen molar-refractivity contribution in [1.82, 2.24) is 9.88 Å². The summed E-state index contributed by atoms with van der Waals surface area (Å²) in [5.74, 6) is 1.23. The molecule has 27 heavy (non-hydrogen) atoms. The maximum absolute atomic E-state index is 12.9. The Morgan fingerprint density at radius 2 is 1.67 bits per heavy atom. The van der Waals surface area contributed by atoms with Gasteiger partial charge in [0.25, 0.3) is 5.91 Å². The van der Waals surface area contributed by atoms with Crippen LogP contribution in [0.15, 0.2) is 42.5 Å². The second-order valence-electron chi connectivity index (χ2n) is 6.34. The summed E-state index contributed by atoms with van der Waals surface area (Å²) < 4.78 is 11.7. The molecule has 1 aliphatic heterocycles. The number of fused-ring (bicyclic) bond motifs is 1. The molecule has 0 radical (unpaired) electrons. The predicted octanol–water partition coefficient (Wildman–Crippen LogP) is 3.28. The van der Waals surface area contributed by atoms with Crippen molar-refractivity contribution < 1.29 is 14.3 Å². The number of carbonyl (C=O) groups excluding carboxylic acids is 1. The number of amides is 1. The minimum Gasteiger partial charge on any atom is -0.497 e. The second kappa shape index (κ2) is 7.44. The van der Waals surface area contributed by atoms with Crippen molar-refractivity contribution in [2.75, 3.05) is 45.3 Å². The van der Waals surface area contributed by atoms with Gasteiger partial charge in [-0.15, -0.1) is 0 Å². The molecule has 0 unspecified atom stereocenters. The van der Waals surface area contributed by atoms with E-state index in [2.05, 4.69) is 11.0 Å². The zero-order valence-electron chi connectivity index (χ0n) is 15.3. The van der Waals surface area contributed by atoms with E-state index in [0.717, 1.165) is 23.7 Å². The number of nitrogens with zero attached hydrogens (tertiary/aromatic N) is 3. The lowest BCUT2D eigenvalue weighted by Gasteiger charge is -2.34. The third kappa shape index (κ3) is 3.55. The van der Waals surface area contributed by atoms with E-state index in [0.29, 0.717) is 30.2 Å². The molecule has 6 nitrogen and oxygen atoms in total. The van der Waals surface area contributed by atoms with E-state index < -0.39 is 0 Å². The minimum absolute atomic E-state index is 0.00356. The maximum Gasteiger partial charge on any atom is 0.254 e. The average Bonchev–Trinajstić information content (AvgIpc) is 3.17. The van der Waals surface area contributed by atoms with Gasteiger partial charge in [0.2, 0.25) is 0 Å². The van der Waals surface area contributed by atoms with Gasteiger partial charge in [0, 0.05) is 37.8 Å². The summed E-state index contributed by atoms with van der Waals surface area (Å²) in [6.45, 7) is 2.86. The van der Waals surface area contributed by atoms with Crippen LogP contribution in [0, 0.1) is 0 Å². The predicted molar refractivity (Wildman–Crippen MR) is 107 cm³/mol. The summed E-state index contributed by atoms with van der Waals surface area (Å²) in [5.41, 5.74) is 1.61. The lowest BCUT2D eigenvalue weighted by molar-refractivity contribution is 0.0746. The number of aromatic nitrogens is 1. The molecule has 0 bridgehead atoms. The van der Waals surface area contributed by atoms with Gasteiger partial charge in [0.15, 0.2) is 5.13 Å². The zero-order valence-corrected chi connectivity index (χ0v) is 16.2. The highest BCUT2D eigenvalue weighted by Gasteiger charge is 2.24. The Morgan fingerprint density at radius 3 is 2.30 bits per heavy atom. The van der Waals surface area contributed by atoms with Crippen LogP contribution in [0.1, 0.15) is 10.4 Å². The fourth-order valence-electron chi connectivity index (χ4n) is 3.21. The van der Waals surface area contributed by atoms with Gasteiger partial charge in [-0.1, -0.05) is 23.5 Å². The van der Waals surface area contributed by atoms with Gasteiger partial charge in [0.1, 0.15) is 11.5 Å². The fraction of sp³-hybridized carbons (Fsp3) is 0.300. The van der Waals surface area contributed by atoms with E-state index in [1.54, 1.807) is 43.8 Å². The molecule has 0 spiro atoms. The van der Waals surface area contributed by atoms with Gasteiger partial charge in [-0.2, -0.15) is 0 Å². The fourth-order valence-corrected chi connectivity index (χ4v) is 4.23. The van der Waals surface area contributed by atoms with Crippen LogP contribution in [0.3, 0.4) is 0 Å². The average molecular weight is 383 g/mol. The Kier molecular flexibility index (Phi) is 4.85. The maximum atomic E-state index is 12.9. The van der Waals surface area contributed by atoms with E-state index in [9.17, 15) is 4.79 Å². The molecule has 0 atom stereocenters. The molecule has 1 saturated heterocycles. The summed E-state index contributed by atoms with van der Waals surface area (Å²) in [6, 6.07) is 13.4. The van der Waals surface area contributed by atoms with Crippen LogP contribution in [0.25, 0.3) is 10.2 Å². The lowest BCUT2D eigenvalue weighted by atomic mass is 10.1. The number of ether oxygens (including phenoxy) is 2. The first-order valence-corrected chi connectivity index (χ1v) is 9.62. The Bertz CT molecular complexity index is 909. The third-order valence-corrected chi connectivity index (χ3v) is 5.82. The first kappa shape index (κ1) is 17.6. The van der Waals surface area contributed by atoms with Crippen molar-refractivity contribution in [3.63, 3.8) is 0 Å². The number of benzene rings is 2. The first-order chi connectivity index (χ1) is 13.2. The number of hydrogen-bond acceptors (Lipinski definition) is 6. The van der Waals surface area contributed by atoms with Gasteiger partial charge in [-0.25, -0.2) is 4.98 Å². The van der Waals surface area contributed by atoms with Crippen molar-refractivity contribution >= 4 is 32.6 Å². The van der Waals surface area contributed by atoms with Crippen molar-refractivity contribution in [1.29, 1.82) is 0 Å².